The van der Waals surface area contributed by atoms with Crippen LogP contribution in [0.15, 0.2) is 22.5 Å². The summed E-state index contributed by atoms with van der Waals surface area (Å²) in [7, 11) is 1.73. The van der Waals surface area contributed by atoms with E-state index in [1.54, 1.807) is 7.05 Å². The molecule has 1 aromatic carbocycles. The summed E-state index contributed by atoms with van der Waals surface area (Å²) in [4.78, 5) is 21.9. The maximum absolute atomic E-state index is 11.8. The van der Waals surface area contributed by atoms with Crippen molar-refractivity contribution in [3.8, 4) is 0 Å². The van der Waals surface area contributed by atoms with Crippen LogP contribution in [0.1, 0.15) is 0 Å². The molecular formula is C11H10ClN5O3S2. The molecule has 0 unspecified atom stereocenters. The van der Waals surface area contributed by atoms with Crippen molar-refractivity contribution in [3.05, 3.63) is 33.3 Å². The number of aromatic nitrogens is 2. The number of nitrogens with one attached hydrogen (secondary N) is 2. The molecule has 11 heteroatoms. The van der Waals surface area contributed by atoms with Crippen LogP contribution in [0.25, 0.3) is 0 Å². The highest BCUT2D eigenvalue weighted by molar-refractivity contribution is 8.01. The smallest absolute Gasteiger partial charge is 0.271 e. The number of benzene rings is 1. The van der Waals surface area contributed by atoms with Gasteiger partial charge in [-0.2, -0.15) is 0 Å². The van der Waals surface area contributed by atoms with Gasteiger partial charge in [-0.15, -0.1) is 10.2 Å². The number of rotatable bonds is 6. The Morgan fingerprint density at radius 2 is 2.27 bits per heavy atom. The topological polar surface area (TPSA) is 110 Å². The first-order valence-corrected chi connectivity index (χ1v) is 8.05. The second-order valence-corrected chi connectivity index (χ2v) is 6.49. The van der Waals surface area contributed by atoms with Crippen molar-refractivity contribution in [2.45, 2.75) is 4.34 Å². The Labute approximate surface area is 138 Å². The van der Waals surface area contributed by atoms with Gasteiger partial charge in [0.25, 0.3) is 5.69 Å². The molecule has 0 aliphatic carbocycles. The largest absolute Gasteiger partial charge is 0.363 e. The Hall–Kier alpha value is -1.91. The van der Waals surface area contributed by atoms with Crippen LogP contribution in [-0.4, -0.2) is 33.8 Å². The number of nitro groups is 1. The molecule has 8 nitrogen and oxygen atoms in total. The number of nitrogens with zero attached hydrogens (tertiary/aromatic N) is 3. The summed E-state index contributed by atoms with van der Waals surface area (Å²) in [6.07, 6.45) is 0. The first-order valence-electron chi connectivity index (χ1n) is 5.87. The van der Waals surface area contributed by atoms with Crippen molar-refractivity contribution in [1.82, 2.24) is 10.2 Å². The predicted octanol–water partition coefficient (Wildman–Crippen LogP) is 2.87. The van der Waals surface area contributed by atoms with E-state index in [-0.39, 0.29) is 22.4 Å². The van der Waals surface area contributed by atoms with Crippen LogP contribution in [0.3, 0.4) is 0 Å². The first-order chi connectivity index (χ1) is 10.5. The van der Waals surface area contributed by atoms with Crippen molar-refractivity contribution >= 4 is 57.1 Å². The van der Waals surface area contributed by atoms with Crippen molar-refractivity contribution in [3.63, 3.8) is 0 Å². The molecule has 2 aromatic rings. The molecule has 2 rings (SSSR count). The number of anilines is 2. The molecule has 0 aliphatic heterocycles. The number of hydrogen-bond donors (Lipinski definition) is 2. The van der Waals surface area contributed by atoms with Gasteiger partial charge in [0, 0.05) is 19.2 Å². The normalized spacial score (nSPS) is 10.3. The number of hydrogen-bond acceptors (Lipinski definition) is 8. The molecule has 1 amide bonds. The Kier molecular flexibility index (Phi) is 5.52. The number of amides is 1. The first kappa shape index (κ1) is 16.5. The van der Waals surface area contributed by atoms with Crippen molar-refractivity contribution in [2.75, 3.05) is 23.4 Å². The van der Waals surface area contributed by atoms with Gasteiger partial charge in [-0.3, -0.25) is 14.9 Å². The molecule has 116 valence electrons. The van der Waals surface area contributed by atoms with Gasteiger partial charge >= 0.3 is 0 Å². The number of non-ortho nitro benzene ring substituents is 1. The number of nitro benzene ring substituents is 1. The summed E-state index contributed by atoms with van der Waals surface area (Å²) >= 11 is 8.48. The van der Waals surface area contributed by atoms with E-state index in [0.717, 1.165) is 0 Å². The van der Waals surface area contributed by atoms with E-state index >= 15 is 0 Å². The third-order valence-electron chi connectivity index (χ3n) is 2.38. The number of thioether (sulfide) groups is 1. The standard InChI is InChI=1S/C11H10ClN5O3S2/c1-13-10-15-16-11(22-10)21-5-9(18)14-8-3-2-6(17(19)20)4-7(8)12/h2-4H,5H2,1H3,(H,13,15)(H,14,18). The zero-order chi connectivity index (χ0) is 16.1. The Morgan fingerprint density at radius 3 is 2.86 bits per heavy atom. The van der Waals surface area contributed by atoms with E-state index in [1.807, 2.05) is 0 Å². The van der Waals surface area contributed by atoms with Crippen LogP contribution in [0.2, 0.25) is 5.02 Å². The monoisotopic (exact) mass is 359 g/mol. The van der Waals surface area contributed by atoms with Crippen LogP contribution in [0.5, 0.6) is 0 Å². The minimum atomic E-state index is -0.553. The number of halogens is 1. The molecule has 2 N–H and O–H groups in total. The van der Waals surface area contributed by atoms with E-state index in [9.17, 15) is 14.9 Å². The summed E-state index contributed by atoms with van der Waals surface area (Å²) < 4.78 is 0.661. The molecule has 1 heterocycles. The van der Waals surface area contributed by atoms with Crippen LogP contribution < -0.4 is 10.6 Å². The summed E-state index contributed by atoms with van der Waals surface area (Å²) in [6.45, 7) is 0. The van der Waals surface area contributed by atoms with Gasteiger partial charge < -0.3 is 10.6 Å². The fourth-order valence-corrected chi connectivity index (χ4v) is 3.13. The van der Waals surface area contributed by atoms with Gasteiger partial charge in [-0.25, -0.2) is 0 Å². The fourth-order valence-electron chi connectivity index (χ4n) is 1.40. The van der Waals surface area contributed by atoms with Gasteiger partial charge in [0.15, 0.2) is 4.34 Å². The Balaban J connectivity index is 1.93. The highest BCUT2D eigenvalue weighted by Gasteiger charge is 2.12. The minimum absolute atomic E-state index is 0.112. The molecule has 0 saturated heterocycles. The van der Waals surface area contributed by atoms with E-state index < -0.39 is 4.92 Å². The van der Waals surface area contributed by atoms with Gasteiger partial charge in [0.05, 0.1) is 21.4 Å². The van der Waals surface area contributed by atoms with Gasteiger partial charge in [-0.1, -0.05) is 34.7 Å². The lowest BCUT2D eigenvalue weighted by Gasteiger charge is -2.06. The van der Waals surface area contributed by atoms with E-state index in [4.69, 9.17) is 11.6 Å². The van der Waals surface area contributed by atoms with Gasteiger partial charge in [-0.05, 0) is 6.07 Å². The Morgan fingerprint density at radius 1 is 1.50 bits per heavy atom. The van der Waals surface area contributed by atoms with Crippen LogP contribution in [-0.2, 0) is 4.79 Å². The van der Waals surface area contributed by atoms with Gasteiger partial charge in [0.1, 0.15) is 0 Å². The summed E-state index contributed by atoms with van der Waals surface area (Å²) in [5.74, 6) is -0.159. The van der Waals surface area contributed by atoms with Crippen molar-refractivity contribution in [1.29, 1.82) is 0 Å². The van der Waals surface area contributed by atoms with Crippen LogP contribution in [0, 0.1) is 10.1 Å². The molecule has 0 fully saturated rings. The zero-order valence-corrected chi connectivity index (χ0v) is 13.6. The third-order valence-corrected chi connectivity index (χ3v) is 4.77. The lowest BCUT2D eigenvalue weighted by atomic mass is 10.3. The quantitative estimate of drug-likeness (QED) is 0.463. The van der Waals surface area contributed by atoms with Crippen molar-refractivity contribution in [2.24, 2.45) is 0 Å². The van der Waals surface area contributed by atoms with Gasteiger partial charge in [0.2, 0.25) is 11.0 Å². The van der Waals surface area contributed by atoms with E-state index in [1.165, 1.54) is 41.3 Å². The lowest BCUT2D eigenvalue weighted by Crippen LogP contribution is -2.14. The van der Waals surface area contributed by atoms with E-state index in [2.05, 4.69) is 20.8 Å². The zero-order valence-electron chi connectivity index (χ0n) is 11.2. The third kappa shape index (κ3) is 4.29. The average molecular weight is 360 g/mol. The van der Waals surface area contributed by atoms with Crippen LogP contribution >= 0.6 is 34.7 Å². The minimum Gasteiger partial charge on any atom is -0.363 e. The van der Waals surface area contributed by atoms with E-state index in [0.29, 0.717) is 15.2 Å². The molecule has 0 bridgehead atoms. The van der Waals surface area contributed by atoms with Crippen LogP contribution in [0.4, 0.5) is 16.5 Å². The van der Waals surface area contributed by atoms with Crippen molar-refractivity contribution < 1.29 is 9.72 Å². The average Bonchev–Trinajstić information content (AvgIpc) is 2.95. The summed E-state index contributed by atoms with van der Waals surface area (Å²) in [5, 5.41) is 24.6. The molecule has 0 radical (unpaired) electrons. The Bertz CT molecular complexity index is 709. The lowest BCUT2D eigenvalue weighted by molar-refractivity contribution is -0.384. The molecular weight excluding hydrogens is 350 g/mol. The molecule has 0 saturated carbocycles. The fraction of sp³-hybridized carbons (Fsp3) is 0.182. The molecule has 0 spiro atoms. The highest BCUT2D eigenvalue weighted by atomic mass is 35.5. The highest BCUT2D eigenvalue weighted by Crippen LogP contribution is 2.28. The molecule has 1 aromatic heterocycles. The maximum Gasteiger partial charge on any atom is 0.271 e. The molecule has 0 aliphatic rings. The second kappa shape index (κ2) is 7.38. The molecule has 0 atom stereocenters. The SMILES string of the molecule is CNc1nnc(SCC(=O)Nc2ccc([N+](=O)[O-])cc2Cl)s1. The number of carbonyl (C=O) groups is 1. The second-order valence-electron chi connectivity index (χ2n) is 3.88. The number of carbonyl (C=O) groups excluding carboxylic acids is 1. The maximum atomic E-state index is 11.8. The summed E-state index contributed by atoms with van der Waals surface area (Å²) in [5.41, 5.74) is 0.192. The predicted molar refractivity (Wildman–Crippen MR) is 86.9 cm³/mol. The summed E-state index contributed by atoms with van der Waals surface area (Å²) in [6, 6.07) is 3.86. The molecule has 22 heavy (non-hydrogen) atoms.